The van der Waals surface area contributed by atoms with Crippen LogP contribution in [0.25, 0.3) is 0 Å². The van der Waals surface area contributed by atoms with E-state index in [4.69, 9.17) is 9.73 Å². The number of nitrogens with zero attached hydrogens (tertiary/aromatic N) is 4. The van der Waals surface area contributed by atoms with Crippen LogP contribution in [0.4, 0.5) is 0 Å². The number of para-hydroxylation sites is 1. The fraction of sp³-hybridized carbons (Fsp3) is 0.348. The first-order valence-corrected chi connectivity index (χ1v) is 10.3. The van der Waals surface area contributed by atoms with E-state index >= 15 is 0 Å². The molecule has 0 aliphatic carbocycles. The van der Waals surface area contributed by atoms with E-state index < -0.39 is 0 Å². The Kier molecular flexibility index (Phi) is 7.89. The molecule has 3 aromatic rings. The summed E-state index contributed by atoms with van der Waals surface area (Å²) in [6.07, 6.45) is 0.880. The second-order valence-electron chi connectivity index (χ2n) is 7.60. The van der Waals surface area contributed by atoms with Gasteiger partial charge in [-0.05, 0) is 25.5 Å². The molecule has 164 valence electrons. The Balaban J connectivity index is 0.00000272. The summed E-state index contributed by atoms with van der Waals surface area (Å²) < 4.78 is 7.78. The number of halogens is 1. The number of fused-ring (bicyclic) bond motifs is 1. The van der Waals surface area contributed by atoms with Crippen molar-refractivity contribution in [3.63, 3.8) is 0 Å². The molecular formula is C23H29IN6O. The Morgan fingerprint density at radius 3 is 2.77 bits per heavy atom. The molecule has 2 aromatic carbocycles. The number of hydrogen-bond donors (Lipinski definition) is 2. The zero-order valence-electron chi connectivity index (χ0n) is 18.1. The van der Waals surface area contributed by atoms with Gasteiger partial charge < -0.3 is 19.9 Å². The van der Waals surface area contributed by atoms with Crippen LogP contribution in [-0.2, 0) is 20.1 Å². The minimum Gasteiger partial charge on any atom is -0.493 e. The summed E-state index contributed by atoms with van der Waals surface area (Å²) >= 11 is 0. The molecule has 1 aliphatic rings. The van der Waals surface area contributed by atoms with Crippen molar-refractivity contribution in [1.82, 2.24) is 25.4 Å². The molecule has 0 radical (unpaired) electrons. The molecule has 2 heterocycles. The van der Waals surface area contributed by atoms with Crippen molar-refractivity contribution < 1.29 is 4.74 Å². The Bertz CT molecular complexity index is 1050. The molecule has 1 aliphatic heterocycles. The smallest absolute Gasteiger partial charge is 0.192 e. The molecule has 7 nitrogen and oxygen atoms in total. The van der Waals surface area contributed by atoms with Gasteiger partial charge in [0.1, 0.15) is 11.6 Å². The molecule has 2 N–H and O–H groups in total. The van der Waals surface area contributed by atoms with Crippen molar-refractivity contribution in [3.8, 4) is 5.75 Å². The van der Waals surface area contributed by atoms with Crippen LogP contribution in [0.2, 0.25) is 0 Å². The Hall–Kier alpha value is -2.62. The van der Waals surface area contributed by atoms with Crippen LogP contribution in [0.1, 0.15) is 40.8 Å². The Morgan fingerprint density at radius 1 is 1.16 bits per heavy atom. The molecule has 0 saturated heterocycles. The predicted octanol–water partition coefficient (Wildman–Crippen LogP) is 3.81. The molecule has 1 atom stereocenters. The lowest BCUT2D eigenvalue weighted by Crippen LogP contribution is -2.41. The molecular weight excluding hydrogens is 503 g/mol. The van der Waals surface area contributed by atoms with Crippen molar-refractivity contribution >= 4 is 29.9 Å². The van der Waals surface area contributed by atoms with Gasteiger partial charge in [0.25, 0.3) is 0 Å². The number of ether oxygens (including phenoxy) is 1. The predicted molar refractivity (Wildman–Crippen MR) is 133 cm³/mol. The van der Waals surface area contributed by atoms with Gasteiger partial charge in [-0.15, -0.1) is 34.2 Å². The van der Waals surface area contributed by atoms with E-state index in [1.165, 1.54) is 11.1 Å². The third kappa shape index (κ3) is 5.75. The number of aromatic nitrogens is 3. The van der Waals surface area contributed by atoms with Crippen molar-refractivity contribution in [1.29, 1.82) is 0 Å². The highest BCUT2D eigenvalue weighted by atomic mass is 127. The molecule has 0 amide bonds. The molecule has 0 spiro atoms. The fourth-order valence-electron chi connectivity index (χ4n) is 3.56. The number of guanidine groups is 1. The fourth-order valence-corrected chi connectivity index (χ4v) is 3.56. The average Bonchev–Trinajstić information content (AvgIpc) is 3.08. The zero-order valence-corrected chi connectivity index (χ0v) is 20.5. The lowest BCUT2D eigenvalue weighted by molar-refractivity contribution is 0.261. The summed E-state index contributed by atoms with van der Waals surface area (Å²) in [4.78, 5) is 4.85. The largest absolute Gasteiger partial charge is 0.493 e. The average molecular weight is 532 g/mol. The highest BCUT2D eigenvalue weighted by Crippen LogP contribution is 2.31. The molecule has 1 aromatic heterocycles. The Morgan fingerprint density at radius 2 is 2.00 bits per heavy atom. The first-order valence-electron chi connectivity index (χ1n) is 10.3. The van der Waals surface area contributed by atoms with Gasteiger partial charge in [-0.1, -0.05) is 48.0 Å². The van der Waals surface area contributed by atoms with Crippen molar-refractivity contribution in [3.05, 3.63) is 76.9 Å². The van der Waals surface area contributed by atoms with Crippen molar-refractivity contribution in [2.75, 3.05) is 6.61 Å². The van der Waals surface area contributed by atoms with E-state index in [-0.39, 0.29) is 30.0 Å². The number of aliphatic imine (C=N–C) groups is 1. The molecule has 8 heteroatoms. The van der Waals surface area contributed by atoms with Crippen LogP contribution in [0, 0.1) is 13.8 Å². The van der Waals surface area contributed by atoms with E-state index in [0.717, 1.165) is 35.3 Å². The molecule has 0 saturated carbocycles. The highest BCUT2D eigenvalue weighted by Gasteiger charge is 2.22. The van der Waals surface area contributed by atoms with E-state index in [9.17, 15) is 0 Å². The summed E-state index contributed by atoms with van der Waals surface area (Å²) in [5.74, 6) is 3.43. The van der Waals surface area contributed by atoms with Gasteiger partial charge in [-0.3, -0.25) is 0 Å². The number of hydrogen-bond acceptors (Lipinski definition) is 4. The second-order valence-corrected chi connectivity index (χ2v) is 7.60. The van der Waals surface area contributed by atoms with E-state index in [2.05, 4.69) is 58.1 Å². The molecule has 4 rings (SSSR count). The van der Waals surface area contributed by atoms with Gasteiger partial charge in [-0.25, -0.2) is 4.99 Å². The molecule has 1 unspecified atom stereocenters. The van der Waals surface area contributed by atoms with Crippen LogP contribution < -0.4 is 15.4 Å². The maximum Gasteiger partial charge on any atom is 0.192 e. The SMILES string of the molecule is Cc1cccc(CN=C(NCc2nnc(C)n2C)NC2CCOc3ccccc32)c1.I. The standard InChI is InChI=1S/C23H28N6O.HI/c1-16-7-6-8-18(13-16)14-24-23(25-15-22-28-27-17(2)29(22)3)26-20-11-12-30-21-10-5-4-9-19(20)21;/h4-10,13,20H,11-12,14-15H2,1-3H3,(H2,24,25,26);1H. The number of nitrogens with one attached hydrogen (secondary N) is 2. The topological polar surface area (TPSA) is 76.4 Å². The molecule has 31 heavy (non-hydrogen) atoms. The Labute approximate surface area is 200 Å². The third-order valence-electron chi connectivity index (χ3n) is 5.37. The summed E-state index contributed by atoms with van der Waals surface area (Å²) in [6.45, 7) is 5.87. The summed E-state index contributed by atoms with van der Waals surface area (Å²) in [7, 11) is 1.97. The monoisotopic (exact) mass is 532 g/mol. The van der Waals surface area contributed by atoms with Gasteiger partial charge in [0.15, 0.2) is 11.8 Å². The normalized spacial score (nSPS) is 15.5. The minimum absolute atomic E-state index is 0. The lowest BCUT2D eigenvalue weighted by Gasteiger charge is -2.28. The minimum atomic E-state index is 0. The number of benzene rings is 2. The summed E-state index contributed by atoms with van der Waals surface area (Å²) in [6, 6.07) is 16.7. The third-order valence-corrected chi connectivity index (χ3v) is 5.37. The first-order chi connectivity index (χ1) is 14.6. The maximum atomic E-state index is 5.80. The second kappa shape index (κ2) is 10.6. The summed E-state index contributed by atoms with van der Waals surface area (Å²) in [5.41, 5.74) is 3.57. The van der Waals surface area contributed by atoms with Crippen LogP contribution in [0.5, 0.6) is 5.75 Å². The number of aryl methyl sites for hydroxylation is 2. The van der Waals surface area contributed by atoms with Crippen molar-refractivity contribution in [2.45, 2.75) is 39.4 Å². The van der Waals surface area contributed by atoms with Gasteiger partial charge in [0.05, 0.1) is 25.7 Å². The van der Waals surface area contributed by atoms with Crippen LogP contribution in [-0.4, -0.2) is 27.3 Å². The van der Waals surface area contributed by atoms with Gasteiger partial charge in [0, 0.05) is 19.0 Å². The quantitative estimate of drug-likeness (QED) is 0.297. The molecule has 0 bridgehead atoms. The number of rotatable bonds is 5. The van der Waals surface area contributed by atoms with E-state index in [1.807, 2.05) is 36.7 Å². The van der Waals surface area contributed by atoms with Crippen LogP contribution in [0.15, 0.2) is 53.5 Å². The van der Waals surface area contributed by atoms with Gasteiger partial charge in [0.2, 0.25) is 0 Å². The van der Waals surface area contributed by atoms with Crippen molar-refractivity contribution in [2.24, 2.45) is 12.0 Å². The lowest BCUT2D eigenvalue weighted by atomic mass is 10.0. The van der Waals surface area contributed by atoms with Gasteiger partial charge in [-0.2, -0.15) is 0 Å². The van der Waals surface area contributed by atoms with E-state index in [1.54, 1.807) is 0 Å². The van der Waals surface area contributed by atoms with Crippen LogP contribution >= 0.6 is 24.0 Å². The summed E-state index contributed by atoms with van der Waals surface area (Å²) in [5, 5.41) is 15.4. The van der Waals surface area contributed by atoms with Crippen LogP contribution in [0.3, 0.4) is 0 Å². The van der Waals surface area contributed by atoms with E-state index in [0.29, 0.717) is 19.7 Å². The maximum absolute atomic E-state index is 5.80. The van der Waals surface area contributed by atoms with Gasteiger partial charge >= 0.3 is 0 Å². The molecule has 0 fully saturated rings. The zero-order chi connectivity index (χ0) is 20.9. The highest BCUT2D eigenvalue weighted by molar-refractivity contribution is 14.0. The first kappa shape index (κ1) is 23.1.